The Kier molecular flexibility index (Phi) is 4.35. The van der Waals surface area contributed by atoms with Crippen LogP contribution >= 0.6 is 0 Å². The van der Waals surface area contributed by atoms with Crippen molar-refractivity contribution in [3.8, 4) is 0 Å². The molecule has 0 aromatic heterocycles. The molecule has 120 valence electrons. The van der Waals surface area contributed by atoms with Crippen LogP contribution in [0.3, 0.4) is 0 Å². The second-order valence-electron chi connectivity index (χ2n) is 6.22. The van der Waals surface area contributed by atoms with Crippen LogP contribution in [-0.2, 0) is 10.3 Å². The minimum absolute atomic E-state index is 0.00704. The first-order valence-electron chi connectivity index (χ1n) is 7.93. The summed E-state index contributed by atoms with van der Waals surface area (Å²) >= 11 is 0. The van der Waals surface area contributed by atoms with Crippen LogP contribution in [-0.4, -0.2) is 36.1 Å². The lowest BCUT2D eigenvalue weighted by Gasteiger charge is -2.37. The number of carboxylic acid groups (broad SMARTS) is 1. The van der Waals surface area contributed by atoms with Gasteiger partial charge in [-0.15, -0.1) is 0 Å². The number of nitrogens with one attached hydrogen (secondary N) is 1. The lowest BCUT2D eigenvalue weighted by molar-refractivity contribution is -0.144. The smallest absolute Gasteiger partial charge is 0.334 e. The molecule has 1 heterocycles. The monoisotopic (exact) mass is 310 g/mol. The highest BCUT2D eigenvalue weighted by atomic mass is 16.4. The molecule has 0 spiro atoms. The van der Waals surface area contributed by atoms with E-state index in [9.17, 15) is 9.90 Å². The summed E-state index contributed by atoms with van der Waals surface area (Å²) in [5.41, 5.74) is 0.512. The van der Waals surface area contributed by atoms with Crippen molar-refractivity contribution in [3.05, 3.63) is 66.2 Å². The largest absolute Gasteiger partial charge is 0.479 e. The Labute approximate surface area is 136 Å². The van der Waals surface area contributed by atoms with Crippen molar-refractivity contribution in [2.75, 3.05) is 25.5 Å². The van der Waals surface area contributed by atoms with Gasteiger partial charge in [0, 0.05) is 18.2 Å². The molecular weight excluding hydrogens is 288 g/mol. The predicted octanol–water partition coefficient (Wildman–Crippen LogP) is 3.03. The second-order valence-corrected chi connectivity index (χ2v) is 6.22. The zero-order valence-electron chi connectivity index (χ0n) is 13.3. The van der Waals surface area contributed by atoms with Crippen molar-refractivity contribution in [1.29, 1.82) is 0 Å². The van der Waals surface area contributed by atoms with Crippen molar-refractivity contribution < 1.29 is 9.90 Å². The van der Waals surface area contributed by atoms with Gasteiger partial charge >= 0.3 is 5.97 Å². The third kappa shape index (κ3) is 2.94. The van der Waals surface area contributed by atoms with Crippen molar-refractivity contribution in [2.45, 2.75) is 12.0 Å². The first-order valence-corrected chi connectivity index (χ1v) is 7.93. The number of hydrogen-bond acceptors (Lipinski definition) is 3. The van der Waals surface area contributed by atoms with Crippen LogP contribution in [0.2, 0.25) is 0 Å². The quantitative estimate of drug-likeness (QED) is 0.891. The van der Waals surface area contributed by atoms with E-state index >= 15 is 0 Å². The van der Waals surface area contributed by atoms with E-state index in [1.54, 1.807) is 0 Å². The Morgan fingerprint density at radius 2 is 1.74 bits per heavy atom. The van der Waals surface area contributed by atoms with E-state index in [1.165, 1.54) is 0 Å². The minimum Gasteiger partial charge on any atom is -0.479 e. The van der Waals surface area contributed by atoms with E-state index < -0.39 is 11.5 Å². The number of hydrogen-bond donors (Lipinski definition) is 2. The molecule has 23 heavy (non-hydrogen) atoms. The molecule has 2 aromatic carbocycles. The summed E-state index contributed by atoms with van der Waals surface area (Å²) in [5.74, 6) is -0.819. The summed E-state index contributed by atoms with van der Waals surface area (Å²) < 4.78 is 0. The molecule has 2 atom stereocenters. The van der Waals surface area contributed by atoms with Gasteiger partial charge in [0.25, 0.3) is 0 Å². The van der Waals surface area contributed by atoms with E-state index in [4.69, 9.17) is 0 Å². The van der Waals surface area contributed by atoms with E-state index in [0.717, 1.165) is 30.8 Å². The number of benzene rings is 2. The van der Waals surface area contributed by atoms with Gasteiger partial charge in [-0.3, -0.25) is 0 Å². The highest BCUT2D eigenvalue weighted by molar-refractivity contribution is 5.85. The molecule has 0 saturated carbocycles. The molecule has 4 nitrogen and oxygen atoms in total. The van der Waals surface area contributed by atoms with E-state index in [1.807, 2.05) is 67.7 Å². The molecule has 0 bridgehead atoms. The molecule has 1 saturated heterocycles. The number of carbonyl (C=O) groups is 1. The number of rotatable bonds is 5. The molecule has 0 radical (unpaired) electrons. The summed E-state index contributed by atoms with van der Waals surface area (Å²) in [6.07, 6.45) is 0.859. The van der Waals surface area contributed by atoms with Gasteiger partial charge in [-0.1, -0.05) is 48.5 Å². The van der Waals surface area contributed by atoms with Crippen molar-refractivity contribution in [3.63, 3.8) is 0 Å². The maximum Gasteiger partial charge on any atom is 0.334 e. The number of likely N-dealkylation sites (tertiary alicyclic amines) is 1. The fourth-order valence-corrected chi connectivity index (χ4v) is 3.50. The molecule has 0 aliphatic carbocycles. The van der Waals surface area contributed by atoms with E-state index in [-0.39, 0.29) is 5.92 Å². The van der Waals surface area contributed by atoms with Crippen LogP contribution in [0.25, 0.3) is 0 Å². The molecule has 1 aliphatic heterocycles. The minimum atomic E-state index is -1.12. The van der Waals surface area contributed by atoms with Gasteiger partial charge in [-0.2, -0.15) is 0 Å². The number of para-hydroxylation sites is 1. The van der Waals surface area contributed by atoms with Crippen LogP contribution in [0.5, 0.6) is 0 Å². The highest BCUT2D eigenvalue weighted by Crippen LogP contribution is 2.39. The summed E-state index contributed by atoms with van der Waals surface area (Å²) in [4.78, 5) is 14.6. The molecular formula is C19H22N2O2. The maximum atomic E-state index is 12.4. The average Bonchev–Trinajstić information content (AvgIpc) is 3.01. The van der Waals surface area contributed by atoms with Crippen molar-refractivity contribution >= 4 is 11.7 Å². The molecule has 4 heteroatoms. The highest BCUT2D eigenvalue weighted by Gasteiger charge is 2.49. The molecule has 2 N–H and O–H groups in total. The zero-order valence-corrected chi connectivity index (χ0v) is 13.3. The number of nitrogens with zero attached hydrogens (tertiary/aromatic N) is 1. The topological polar surface area (TPSA) is 52.6 Å². The number of anilines is 1. The van der Waals surface area contributed by atoms with E-state index in [0.29, 0.717) is 0 Å². The molecule has 1 fully saturated rings. The van der Waals surface area contributed by atoms with Gasteiger partial charge in [0.05, 0.1) is 0 Å². The van der Waals surface area contributed by atoms with Crippen LogP contribution in [0.15, 0.2) is 60.7 Å². The molecule has 2 aromatic rings. The lowest BCUT2D eigenvalue weighted by Crippen LogP contribution is -2.50. The Bertz CT molecular complexity index is 660. The first-order chi connectivity index (χ1) is 11.1. The fraction of sp³-hybridized carbons (Fsp3) is 0.316. The second kappa shape index (κ2) is 6.42. The molecule has 3 rings (SSSR count). The van der Waals surface area contributed by atoms with Crippen LogP contribution < -0.4 is 5.32 Å². The predicted molar refractivity (Wildman–Crippen MR) is 91.4 cm³/mol. The van der Waals surface area contributed by atoms with Gasteiger partial charge in [-0.25, -0.2) is 4.79 Å². The Morgan fingerprint density at radius 1 is 1.13 bits per heavy atom. The van der Waals surface area contributed by atoms with Gasteiger partial charge in [-0.05, 0) is 37.7 Å². The molecule has 1 unspecified atom stereocenters. The van der Waals surface area contributed by atoms with Crippen LogP contribution in [0.4, 0.5) is 5.69 Å². The van der Waals surface area contributed by atoms with Crippen LogP contribution in [0, 0.1) is 5.92 Å². The van der Waals surface area contributed by atoms with Gasteiger partial charge in [0.15, 0.2) is 5.54 Å². The normalized spacial score (nSPS) is 20.8. The summed E-state index contributed by atoms with van der Waals surface area (Å²) in [6, 6.07) is 19.1. The zero-order chi connectivity index (χ0) is 16.3. The fourth-order valence-electron chi connectivity index (χ4n) is 3.50. The van der Waals surface area contributed by atoms with Gasteiger partial charge in [0.1, 0.15) is 0 Å². The SMILES string of the molecule is CN1CCC([C@](Nc2ccccc2)(C(=O)O)c2ccccc2)C1. The Balaban J connectivity index is 2.08. The van der Waals surface area contributed by atoms with Crippen molar-refractivity contribution in [2.24, 2.45) is 5.92 Å². The summed E-state index contributed by atoms with van der Waals surface area (Å²) in [6.45, 7) is 1.68. The third-order valence-electron chi connectivity index (χ3n) is 4.69. The summed E-state index contributed by atoms with van der Waals surface area (Å²) in [7, 11) is 2.04. The lowest BCUT2D eigenvalue weighted by atomic mass is 9.77. The molecule has 1 aliphatic rings. The maximum absolute atomic E-state index is 12.4. The van der Waals surface area contributed by atoms with E-state index in [2.05, 4.69) is 10.2 Å². The standard InChI is InChI=1S/C19H22N2O2/c1-21-13-12-16(14-21)19(18(22)23,15-8-4-2-5-9-15)20-17-10-6-3-7-11-17/h2-11,16,20H,12-14H2,1H3,(H,22,23)/t16?,19-/m0/s1. The van der Waals surface area contributed by atoms with Gasteiger partial charge in [0.2, 0.25) is 0 Å². The number of carboxylic acids is 1. The molecule has 0 amide bonds. The Hall–Kier alpha value is -2.33. The van der Waals surface area contributed by atoms with Crippen LogP contribution in [0.1, 0.15) is 12.0 Å². The number of aliphatic carboxylic acids is 1. The third-order valence-corrected chi connectivity index (χ3v) is 4.69. The Morgan fingerprint density at radius 3 is 2.26 bits per heavy atom. The first kappa shape index (κ1) is 15.6. The summed E-state index contributed by atoms with van der Waals surface area (Å²) in [5, 5.41) is 13.5. The van der Waals surface area contributed by atoms with Gasteiger partial charge < -0.3 is 15.3 Å². The average molecular weight is 310 g/mol. The van der Waals surface area contributed by atoms with Crippen molar-refractivity contribution in [1.82, 2.24) is 4.90 Å².